The van der Waals surface area contributed by atoms with E-state index in [0.717, 1.165) is 10.4 Å². The Morgan fingerprint density at radius 2 is 1.50 bits per heavy atom. The molecule has 0 unspecified atom stereocenters. The van der Waals surface area contributed by atoms with Gasteiger partial charge in [0.15, 0.2) is 10.9 Å². The maximum Gasteiger partial charge on any atom is 0.341 e. The molecule has 1 aromatic heterocycles. The molecule has 0 aliphatic rings. The third-order valence-electron chi connectivity index (χ3n) is 4.97. The van der Waals surface area contributed by atoms with Crippen LogP contribution in [0.3, 0.4) is 0 Å². The van der Waals surface area contributed by atoms with Crippen molar-refractivity contribution in [2.75, 3.05) is 17.2 Å². The van der Waals surface area contributed by atoms with Crippen molar-refractivity contribution in [2.45, 2.75) is 6.92 Å². The van der Waals surface area contributed by atoms with E-state index in [1.165, 1.54) is 11.3 Å². The van der Waals surface area contributed by atoms with Crippen LogP contribution in [-0.2, 0) is 4.74 Å². The van der Waals surface area contributed by atoms with E-state index in [0.29, 0.717) is 27.4 Å². The molecule has 3 aromatic carbocycles. The van der Waals surface area contributed by atoms with Crippen molar-refractivity contribution >= 4 is 51.1 Å². The molecule has 0 aliphatic carbocycles. The quantitative estimate of drug-likeness (QED) is 0.174. The topological polar surface area (TPSA) is 67.4 Å². The lowest BCUT2D eigenvalue weighted by Gasteiger charge is -2.13. The van der Waals surface area contributed by atoms with Crippen LogP contribution in [0.4, 0.5) is 10.7 Å². The van der Waals surface area contributed by atoms with Crippen LogP contribution in [0.5, 0.6) is 0 Å². The number of para-hydroxylation sites is 1. The first-order valence-electron chi connectivity index (χ1n) is 10.7. The van der Waals surface area contributed by atoms with E-state index >= 15 is 0 Å². The van der Waals surface area contributed by atoms with Crippen LogP contribution in [0.2, 0.25) is 0 Å². The van der Waals surface area contributed by atoms with Gasteiger partial charge in [0.2, 0.25) is 0 Å². The van der Waals surface area contributed by atoms with Crippen LogP contribution in [0.25, 0.3) is 10.4 Å². The van der Waals surface area contributed by atoms with Crippen molar-refractivity contribution in [3.8, 4) is 10.4 Å². The van der Waals surface area contributed by atoms with Crippen LogP contribution in [0.1, 0.15) is 33.2 Å². The summed E-state index contributed by atoms with van der Waals surface area (Å²) in [6, 6.07) is 27.8. The van der Waals surface area contributed by atoms with E-state index in [2.05, 4.69) is 10.6 Å². The molecular weight excluding hydrogens is 464 g/mol. The summed E-state index contributed by atoms with van der Waals surface area (Å²) in [6.45, 7) is 2.04. The van der Waals surface area contributed by atoms with Crippen molar-refractivity contribution in [1.29, 1.82) is 0 Å². The number of hydrogen-bond donors (Lipinski definition) is 2. The molecule has 0 bridgehead atoms. The number of benzene rings is 3. The molecule has 0 saturated carbocycles. The lowest BCUT2D eigenvalue weighted by Crippen LogP contribution is -2.21. The summed E-state index contributed by atoms with van der Waals surface area (Å²) in [6.07, 6.45) is 0. The average Bonchev–Trinajstić information content (AvgIpc) is 3.29. The van der Waals surface area contributed by atoms with E-state index in [1.54, 1.807) is 37.3 Å². The molecule has 4 aromatic rings. The summed E-state index contributed by atoms with van der Waals surface area (Å²) in [5.41, 5.74) is 3.06. The van der Waals surface area contributed by atoms with Gasteiger partial charge >= 0.3 is 5.97 Å². The van der Waals surface area contributed by atoms with Crippen molar-refractivity contribution in [3.63, 3.8) is 0 Å². The van der Waals surface area contributed by atoms with Gasteiger partial charge in [-0.15, -0.1) is 11.3 Å². The van der Waals surface area contributed by atoms with Gasteiger partial charge in [0.05, 0.1) is 17.9 Å². The Morgan fingerprint density at radius 3 is 2.21 bits per heavy atom. The third kappa shape index (κ3) is 5.39. The number of ether oxygens (including phenoxy) is 1. The number of carbonyl (C=O) groups is 2. The predicted molar refractivity (Wildman–Crippen MR) is 142 cm³/mol. The minimum Gasteiger partial charge on any atom is -0.462 e. The number of rotatable bonds is 7. The van der Waals surface area contributed by atoms with Gasteiger partial charge in [0.25, 0.3) is 0 Å². The zero-order valence-electron chi connectivity index (χ0n) is 18.4. The van der Waals surface area contributed by atoms with E-state index in [-0.39, 0.29) is 17.5 Å². The molecule has 7 heteroatoms. The predicted octanol–water partition coefficient (Wildman–Crippen LogP) is 6.63. The second-order valence-corrected chi connectivity index (χ2v) is 8.72. The molecule has 1 heterocycles. The molecule has 5 nitrogen and oxygen atoms in total. The number of anilines is 2. The lowest BCUT2D eigenvalue weighted by molar-refractivity contribution is 0.0528. The highest BCUT2D eigenvalue weighted by Crippen LogP contribution is 2.36. The fourth-order valence-electron chi connectivity index (χ4n) is 3.38. The average molecular weight is 487 g/mol. The third-order valence-corrected chi connectivity index (χ3v) is 6.27. The Labute approximate surface area is 207 Å². The van der Waals surface area contributed by atoms with Gasteiger partial charge in [-0.25, -0.2) is 4.79 Å². The fraction of sp³-hybridized carbons (Fsp3) is 0.0741. The van der Waals surface area contributed by atoms with E-state index in [1.807, 2.05) is 60.7 Å². The van der Waals surface area contributed by atoms with E-state index in [4.69, 9.17) is 17.0 Å². The number of carbonyl (C=O) groups excluding carboxylic acids is 2. The van der Waals surface area contributed by atoms with Crippen LogP contribution < -0.4 is 10.6 Å². The highest BCUT2D eigenvalue weighted by molar-refractivity contribution is 7.80. The van der Waals surface area contributed by atoms with Crippen LogP contribution in [-0.4, -0.2) is 23.5 Å². The minimum absolute atomic E-state index is 0.110. The molecule has 0 radical (unpaired) electrons. The summed E-state index contributed by atoms with van der Waals surface area (Å²) < 4.78 is 5.24. The van der Waals surface area contributed by atoms with Gasteiger partial charge in [-0.2, -0.15) is 0 Å². The Morgan fingerprint density at radius 1 is 0.853 bits per heavy atom. The first kappa shape index (κ1) is 23.4. The van der Waals surface area contributed by atoms with E-state index in [9.17, 15) is 9.59 Å². The molecule has 0 saturated heterocycles. The maximum atomic E-state index is 13.0. The number of thiophene rings is 1. The van der Waals surface area contributed by atoms with Gasteiger partial charge in [-0.3, -0.25) is 4.79 Å². The van der Waals surface area contributed by atoms with Gasteiger partial charge in [-0.05, 0) is 42.9 Å². The smallest absolute Gasteiger partial charge is 0.341 e. The lowest BCUT2D eigenvalue weighted by atomic mass is 10.0. The van der Waals surface area contributed by atoms with Crippen molar-refractivity contribution in [2.24, 2.45) is 0 Å². The first-order chi connectivity index (χ1) is 16.6. The largest absolute Gasteiger partial charge is 0.462 e. The standard InChI is InChI=1S/C27H22N2O3S2/c1-2-32-26(31)21-17-23(18-11-5-3-6-12-18)34-25(21)29-27(33)28-22-16-10-9-15-20(22)24(30)19-13-7-4-8-14-19/h3-17H,2H2,1H3,(H2,28,29,33). The van der Waals surface area contributed by atoms with Gasteiger partial charge < -0.3 is 15.4 Å². The zero-order chi connectivity index (χ0) is 23.9. The molecule has 170 valence electrons. The van der Waals surface area contributed by atoms with Gasteiger partial charge in [0, 0.05) is 16.0 Å². The summed E-state index contributed by atoms with van der Waals surface area (Å²) in [5, 5.41) is 7.07. The Bertz CT molecular complexity index is 1320. The highest BCUT2D eigenvalue weighted by atomic mass is 32.1. The molecule has 0 fully saturated rings. The molecule has 0 atom stereocenters. The van der Waals surface area contributed by atoms with Crippen LogP contribution in [0, 0.1) is 0 Å². The summed E-state index contributed by atoms with van der Waals surface area (Å²) >= 11 is 6.95. The number of nitrogens with one attached hydrogen (secondary N) is 2. The molecule has 4 rings (SSSR count). The number of hydrogen-bond acceptors (Lipinski definition) is 5. The fourth-order valence-corrected chi connectivity index (χ4v) is 4.71. The summed E-state index contributed by atoms with van der Waals surface area (Å²) in [7, 11) is 0. The first-order valence-corrected chi connectivity index (χ1v) is 11.9. The number of esters is 1. The normalized spacial score (nSPS) is 10.4. The Hall–Kier alpha value is -3.81. The Balaban J connectivity index is 1.59. The monoisotopic (exact) mass is 486 g/mol. The maximum absolute atomic E-state index is 13.0. The molecule has 34 heavy (non-hydrogen) atoms. The second-order valence-electron chi connectivity index (χ2n) is 7.26. The van der Waals surface area contributed by atoms with Gasteiger partial charge in [0.1, 0.15) is 5.00 Å². The molecule has 0 aliphatic heterocycles. The molecule has 2 N–H and O–H groups in total. The summed E-state index contributed by atoms with van der Waals surface area (Å²) in [5.74, 6) is -0.535. The summed E-state index contributed by atoms with van der Waals surface area (Å²) in [4.78, 5) is 26.5. The van der Waals surface area contributed by atoms with Gasteiger partial charge in [-0.1, -0.05) is 72.8 Å². The zero-order valence-corrected chi connectivity index (χ0v) is 20.0. The second kappa shape index (κ2) is 10.9. The number of ketones is 1. The van der Waals surface area contributed by atoms with Crippen LogP contribution in [0.15, 0.2) is 91.0 Å². The molecule has 0 spiro atoms. The molecule has 0 amide bonds. The molecular formula is C27H22N2O3S2. The van der Waals surface area contributed by atoms with Crippen molar-refractivity contribution in [1.82, 2.24) is 0 Å². The van der Waals surface area contributed by atoms with Crippen molar-refractivity contribution < 1.29 is 14.3 Å². The van der Waals surface area contributed by atoms with Crippen molar-refractivity contribution in [3.05, 3.63) is 108 Å². The minimum atomic E-state index is -0.425. The van der Waals surface area contributed by atoms with E-state index < -0.39 is 5.97 Å². The SMILES string of the molecule is CCOC(=O)c1cc(-c2ccccc2)sc1NC(=S)Nc1ccccc1C(=O)c1ccccc1. The number of thiocarbonyl (C=S) groups is 1. The Kier molecular flexibility index (Phi) is 7.47. The van der Waals surface area contributed by atoms with Crippen LogP contribution >= 0.6 is 23.6 Å². The highest BCUT2D eigenvalue weighted by Gasteiger charge is 2.20.